The third-order valence-electron chi connectivity index (χ3n) is 7.77. The largest absolute Gasteiger partial charge is 0.378 e. The lowest BCUT2D eigenvalue weighted by molar-refractivity contribution is -0.143. The Bertz CT molecular complexity index is 1160. The SMILES string of the molecule is Cc1ccc(NC(=O)N2CCC3(CC2)C(=O)N(CC(=O)N2CCOCC2)CN3c2ccccc2)c(C)c1. The molecule has 9 nitrogen and oxygen atoms in total. The minimum absolute atomic E-state index is 0.0348. The molecule has 1 N–H and O–H groups in total. The van der Waals surface area contributed by atoms with Crippen LogP contribution in [0.4, 0.5) is 16.2 Å². The van der Waals surface area contributed by atoms with Crippen LogP contribution in [0.25, 0.3) is 0 Å². The molecular formula is C28H35N5O4. The van der Waals surface area contributed by atoms with Gasteiger partial charge >= 0.3 is 6.03 Å². The number of benzene rings is 2. The van der Waals surface area contributed by atoms with Crippen LogP contribution in [0, 0.1) is 13.8 Å². The van der Waals surface area contributed by atoms with Crippen molar-refractivity contribution in [3.8, 4) is 0 Å². The second-order valence-corrected chi connectivity index (χ2v) is 10.2. The number of hydrogen-bond donors (Lipinski definition) is 1. The number of nitrogens with zero attached hydrogens (tertiary/aromatic N) is 4. The molecule has 9 heteroatoms. The van der Waals surface area contributed by atoms with E-state index in [1.807, 2.05) is 62.4 Å². The van der Waals surface area contributed by atoms with Gasteiger partial charge in [-0.15, -0.1) is 0 Å². The molecule has 2 aromatic carbocycles. The van der Waals surface area contributed by atoms with E-state index in [-0.39, 0.29) is 24.4 Å². The van der Waals surface area contributed by atoms with E-state index in [1.165, 1.54) is 0 Å². The van der Waals surface area contributed by atoms with Crippen molar-refractivity contribution in [1.82, 2.24) is 14.7 Å². The highest BCUT2D eigenvalue weighted by Gasteiger charge is 2.54. The Hall–Kier alpha value is -3.59. The quantitative estimate of drug-likeness (QED) is 0.691. The second-order valence-electron chi connectivity index (χ2n) is 10.2. The summed E-state index contributed by atoms with van der Waals surface area (Å²) in [5, 5.41) is 3.03. The monoisotopic (exact) mass is 505 g/mol. The van der Waals surface area contributed by atoms with Crippen molar-refractivity contribution >= 4 is 29.2 Å². The number of hydrogen-bond acceptors (Lipinski definition) is 5. The van der Waals surface area contributed by atoms with Crippen molar-refractivity contribution in [2.45, 2.75) is 32.2 Å². The summed E-state index contributed by atoms with van der Waals surface area (Å²) in [6, 6.07) is 15.7. The molecule has 0 aromatic heterocycles. The highest BCUT2D eigenvalue weighted by atomic mass is 16.5. The number of carbonyl (C=O) groups excluding carboxylic acids is 3. The average molecular weight is 506 g/mol. The molecule has 0 aliphatic carbocycles. The van der Waals surface area contributed by atoms with Gasteiger partial charge in [0.2, 0.25) is 5.91 Å². The maximum absolute atomic E-state index is 13.9. The molecule has 0 atom stereocenters. The van der Waals surface area contributed by atoms with Gasteiger partial charge in [-0.25, -0.2) is 4.79 Å². The number of morpholine rings is 1. The Labute approximate surface area is 217 Å². The third-order valence-corrected chi connectivity index (χ3v) is 7.77. The fourth-order valence-corrected chi connectivity index (χ4v) is 5.63. The lowest BCUT2D eigenvalue weighted by Gasteiger charge is -2.43. The van der Waals surface area contributed by atoms with Crippen LogP contribution in [0.15, 0.2) is 48.5 Å². The van der Waals surface area contributed by atoms with E-state index in [4.69, 9.17) is 4.74 Å². The van der Waals surface area contributed by atoms with Crippen molar-refractivity contribution < 1.29 is 19.1 Å². The molecule has 3 aliphatic rings. The Morgan fingerprint density at radius 2 is 1.65 bits per heavy atom. The van der Waals surface area contributed by atoms with Crippen LogP contribution in [0.1, 0.15) is 24.0 Å². The summed E-state index contributed by atoms with van der Waals surface area (Å²) < 4.78 is 5.36. The molecule has 196 valence electrons. The van der Waals surface area contributed by atoms with Gasteiger partial charge in [0.05, 0.1) is 19.9 Å². The van der Waals surface area contributed by atoms with E-state index in [2.05, 4.69) is 10.2 Å². The number of nitrogens with one attached hydrogen (secondary N) is 1. The first-order chi connectivity index (χ1) is 17.9. The number of para-hydroxylation sites is 1. The van der Waals surface area contributed by atoms with Crippen LogP contribution in [0.3, 0.4) is 0 Å². The first-order valence-electron chi connectivity index (χ1n) is 13.0. The minimum Gasteiger partial charge on any atom is -0.378 e. The van der Waals surface area contributed by atoms with E-state index < -0.39 is 5.54 Å². The molecular weight excluding hydrogens is 470 g/mol. The molecule has 0 unspecified atom stereocenters. The zero-order valence-electron chi connectivity index (χ0n) is 21.6. The highest BCUT2D eigenvalue weighted by Crippen LogP contribution is 2.39. The number of likely N-dealkylation sites (tertiary alicyclic amines) is 1. The van der Waals surface area contributed by atoms with Gasteiger partial charge in [0.25, 0.3) is 5.91 Å². The van der Waals surface area contributed by atoms with E-state index in [1.54, 1.807) is 14.7 Å². The minimum atomic E-state index is -0.775. The summed E-state index contributed by atoms with van der Waals surface area (Å²) in [4.78, 5) is 47.3. The van der Waals surface area contributed by atoms with E-state index in [0.717, 1.165) is 22.5 Å². The fraction of sp³-hybridized carbons (Fsp3) is 0.464. The lowest BCUT2D eigenvalue weighted by atomic mass is 9.85. The number of urea groups is 1. The molecule has 3 heterocycles. The fourth-order valence-electron chi connectivity index (χ4n) is 5.63. The van der Waals surface area contributed by atoms with Gasteiger partial charge in [-0.3, -0.25) is 9.59 Å². The molecule has 2 aromatic rings. The van der Waals surface area contributed by atoms with Gasteiger partial charge in [0, 0.05) is 37.6 Å². The average Bonchev–Trinajstić information content (AvgIpc) is 3.17. The molecule has 37 heavy (non-hydrogen) atoms. The van der Waals surface area contributed by atoms with Crippen LogP contribution < -0.4 is 10.2 Å². The van der Waals surface area contributed by atoms with Crippen molar-refractivity contribution in [3.05, 3.63) is 59.7 Å². The van der Waals surface area contributed by atoms with Gasteiger partial charge in [-0.1, -0.05) is 35.9 Å². The molecule has 4 amide bonds. The summed E-state index contributed by atoms with van der Waals surface area (Å²) in [5.74, 6) is -0.0839. The summed E-state index contributed by atoms with van der Waals surface area (Å²) >= 11 is 0. The molecule has 0 bridgehead atoms. The predicted octanol–water partition coefficient (Wildman–Crippen LogP) is 2.84. The Balaban J connectivity index is 1.31. The first kappa shape index (κ1) is 25.1. The van der Waals surface area contributed by atoms with E-state index in [9.17, 15) is 14.4 Å². The number of carbonyl (C=O) groups is 3. The molecule has 0 saturated carbocycles. The van der Waals surface area contributed by atoms with Crippen molar-refractivity contribution in [2.24, 2.45) is 0 Å². The smallest absolute Gasteiger partial charge is 0.321 e. The first-order valence-corrected chi connectivity index (χ1v) is 13.0. The number of ether oxygens (including phenoxy) is 1. The predicted molar refractivity (Wildman–Crippen MR) is 141 cm³/mol. The zero-order valence-corrected chi connectivity index (χ0v) is 21.6. The van der Waals surface area contributed by atoms with Crippen LogP contribution in [-0.4, -0.2) is 90.7 Å². The normalized spacial score (nSPS) is 19.5. The number of piperidine rings is 1. The van der Waals surface area contributed by atoms with Crippen LogP contribution in [0.2, 0.25) is 0 Å². The highest BCUT2D eigenvalue weighted by molar-refractivity contribution is 5.97. The number of rotatable bonds is 4. The number of anilines is 2. The van der Waals surface area contributed by atoms with Gasteiger partial charge in [-0.05, 0) is 50.5 Å². The van der Waals surface area contributed by atoms with Crippen molar-refractivity contribution in [2.75, 3.05) is 62.8 Å². The third kappa shape index (κ3) is 5.00. The van der Waals surface area contributed by atoms with Gasteiger partial charge in [0.15, 0.2) is 0 Å². The summed E-state index contributed by atoms with van der Waals surface area (Å²) in [7, 11) is 0. The Kier molecular flexibility index (Phi) is 7.06. The van der Waals surface area contributed by atoms with Crippen molar-refractivity contribution in [3.63, 3.8) is 0 Å². The Morgan fingerprint density at radius 1 is 0.946 bits per heavy atom. The molecule has 5 rings (SSSR count). The topological polar surface area (TPSA) is 85.4 Å². The van der Waals surface area contributed by atoms with Crippen LogP contribution in [-0.2, 0) is 14.3 Å². The van der Waals surface area contributed by atoms with E-state index in [0.29, 0.717) is 58.9 Å². The van der Waals surface area contributed by atoms with Gasteiger partial charge < -0.3 is 29.7 Å². The Morgan fingerprint density at radius 3 is 2.32 bits per heavy atom. The van der Waals surface area contributed by atoms with Gasteiger partial charge in [-0.2, -0.15) is 0 Å². The number of aryl methyl sites for hydroxylation is 2. The second kappa shape index (κ2) is 10.4. The van der Waals surface area contributed by atoms with Crippen LogP contribution >= 0.6 is 0 Å². The molecule has 3 aliphatic heterocycles. The van der Waals surface area contributed by atoms with Crippen LogP contribution in [0.5, 0.6) is 0 Å². The maximum atomic E-state index is 13.9. The molecule has 3 saturated heterocycles. The molecule has 1 spiro atoms. The lowest BCUT2D eigenvalue weighted by Crippen LogP contribution is -2.58. The zero-order chi connectivity index (χ0) is 26.0. The van der Waals surface area contributed by atoms with Gasteiger partial charge in [0.1, 0.15) is 12.1 Å². The van der Waals surface area contributed by atoms with E-state index >= 15 is 0 Å². The number of amides is 4. The molecule has 3 fully saturated rings. The molecule has 0 radical (unpaired) electrons. The standard InChI is InChI=1S/C28H35N5O4/c1-21-8-9-24(22(2)18-21)29-27(36)31-12-10-28(11-13-31)26(35)32(19-25(34)30-14-16-37-17-15-30)20-33(28)23-6-4-3-5-7-23/h3-9,18H,10-17,19-20H2,1-2H3,(H,29,36). The maximum Gasteiger partial charge on any atom is 0.321 e. The summed E-state index contributed by atoms with van der Waals surface area (Å²) in [5.41, 5.74) is 3.14. The summed E-state index contributed by atoms with van der Waals surface area (Å²) in [6.07, 6.45) is 1.01. The van der Waals surface area contributed by atoms with Crippen molar-refractivity contribution in [1.29, 1.82) is 0 Å². The summed E-state index contributed by atoms with van der Waals surface area (Å²) in [6.45, 7) is 7.49.